The monoisotopic (exact) mass is 259 g/mol. The third kappa shape index (κ3) is 4.65. The normalized spacial score (nSPS) is 18.3. The Morgan fingerprint density at radius 1 is 1.32 bits per heavy atom. The van der Waals surface area contributed by atoms with Gasteiger partial charge in [0, 0.05) is 12.6 Å². The molecule has 106 valence electrons. The van der Waals surface area contributed by atoms with Gasteiger partial charge in [-0.15, -0.1) is 0 Å². The lowest BCUT2D eigenvalue weighted by atomic mass is 9.99. The summed E-state index contributed by atoms with van der Waals surface area (Å²) < 4.78 is 0. The number of hydrogen-bond acceptors (Lipinski definition) is 1. The molecule has 0 aliphatic heterocycles. The highest BCUT2D eigenvalue weighted by molar-refractivity contribution is 5.22. The zero-order valence-corrected chi connectivity index (χ0v) is 12.8. The van der Waals surface area contributed by atoms with Crippen LogP contribution >= 0.6 is 0 Å². The minimum atomic E-state index is 0.634. The van der Waals surface area contributed by atoms with Crippen LogP contribution in [0.15, 0.2) is 24.3 Å². The maximum Gasteiger partial charge on any atom is 0.00421 e. The van der Waals surface area contributed by atoms with Crippen molar-refractivity contribution in [2.24, 2.45) is 5.41 Å². The molecule has 1 aromatic rings. The Kier molecular flexibility index (Phi) is 5.04. The van der Waals surface area contributed by atoms with E-state index in [9.17, 15) is 0 Å². The summed E-state index contributed by atoms with van der Waals surface area (Å²) in [5.74, 6) is 0. The van der Waals surface area contributed by atoms with Gasteiger partial charge in [0.05, 0.1) is 0 Å². The molecule has 1 fully saturated rings. The van der Waals surface area contributed by atoms with Crippen molar-refractivity contribution in [1.29, 1.82) is 0 Å². The Hall–Kier alpha value is -0.820. The third-order valence-electron chi connectivity index (χ3n) is 4.51. The molecule has 1 aliphatic rings. The molecule has 1 N–H and O–H groups in total. The molecule has 1 saturated carbocycles. The third-order valence-corrected chi connectivity index (χ3v) is 4.51. The first-order valence-corrected chi connectivity index (χ1v) is 7.92. The smallest absolute Gasteiger partial charge is 0.00421 e. The molecule has 0 spiro atoms. The van der Waals surface area contributed by atoms with E-state index in [1.54, 1.807) is 0 Å². The molecule has 0 radical (unpaired) electrons. The van der Waals surface area contributed by atoms with Crippen LogP contribution < -0.4 is 5.32 Å². The number of aryl methyl sites for hydroxylation is 2. The van der Waals surface area contributed by atoms with Crippen molar-refractivity contribution in [2.75, 3.05) is 6.54 Å². The summed E-state index contributed by atoms with van der Waals surface area (Å²) in [7, 11) is 0. The molecule has 1 atom stereocenters. The molecule has 1 unspecified atom stereocenters. The number of rotatable bonds is 8. The lowest BCUT2D eigenvalue weighted by molar-refractivity contribution is 0.385. The van der Waals surface area contributed by atoms with Gasteiger partial charge >= 0.3 is 0 Å². The second kappa shape index (κ2) is 6.56. The molecule has 1 nitrogen and oxygen atoms in total. The largest absolute Gasteiger partial charge is 0.314 e. The van der Waals surface area contributed by atoms with E-state index in [-0.39, 0.29) is 0 Å². The van der Waals surface area contributed by atoms with Crippen molar-refractivity contribution in [3.63, 3.8) is 0 Å². The van der Waals surface area contributed by atoms with Gasteiger partial charge in [-0.25, -0.2) is 0 Å². The minimum absolute atomic E-state index is 0.634. The zero-order chi connectivity index (χ0) is 13.7. The SMILES string of the molecule is CCCC1(CNC(C)CCc2cccc(C)c2)CC1. The molecule has 1 aromatic carbocycles. The maximum absolute atomic E-state index is 3.76. The number of benzene rings is 1. The molecule has 0 saturated heterocycles. The summed E-state index contributed by atoms with van der Waals surface area (Å²) in [5.41, 5.74) is 3.52. The molecule has 1 heteroatoms. The van der Waals surface area contributed by atoms with Crippen molar-refractivity contribution >= 4 is 0 Å². The van der Waals surface area contributed by atoms with E-state index >= 15 is 0 Å². The molecular formula is C18H29N. The molecular weight excluding hydrogens is 230 g/mol. The molecule has 2 rings (SSSR count). The van der Waals surface area contributed by atoms with E-state index in [1.165, 1.54) is 56.2 Å². The van der Waals surface area contributed by atoms with Crippen LogP contribution in [0.2, 0.25) is 0 Å². The van der Waals surface area contributed by atoms with Gasteiger partial charge in [0.25, 0.3) is 0 Å². The van der Waals surface area contributed by atoms with Gasteiger partial charge in [-0.05, 0) is 56.9 Å². The van der Waals surface area contributed by atoms with Crippen LogP contribution in [0.3, 0.4) is 0 Å². The Balaban J connectivity index is 1.69. The topological polar surface area (TPSA) is 12.0 Å². The van der Waals surface area contributed by atoms with Gasteiger partial charge < -0.3 is 5.32 Å². The van der Waals surface area contributed by atoms with Crippen molar-refractivity contribution < 1.29 is 0 Å². The van der Waals surface area contributed by atoms with Crippen molar-refractivity contribution in [1.82, 2.24) is 5.32 Å². The maximum atomic E-state index is 3.76. The first-order valence-electron chi connectivity index (χ1n) is 7.92. The van der Waals surface area contributed by atoms with Crippen LogP contribution in [0.4, 0.5) is 0 Å². The number of nitrogens with one attached hydrogen (secondary N) is 1. The summed E-state index contributed by atoms with van der Waals surface area (Å²) >= 11 is 0. The summed E-state index contributed by atoms with van der Waals surface area (Å²) in [6.07, 6.45) is 8.06. The average molecular weight is 259 g/mol. The first-order chi connectivity index (χ1) is 9.13. The van der Waals surface area contributed by atoms with E-state index < -0.39 is 0 Å². The zero-order valence-electron chi connectivity index (χ0n) is 12.8. The van der Waals surface area contributed by atoms with Crippen LogP contribution in [0.1, 0.15) is 57.1 Å². The number of hydrogen-bond donors (Lipinski definition) is 1. The van der Waals surface area contributed by atoms with Crippen LogP contribution in [-0.2, 0) is 6.42 Å². The van der Waals surface area contributed by atoms with Crippen LogP contribution in [-0.4, -0.2) is 12.6 Å². The first kappa shape index (κ1) is 14.6. The van der Waals surface area contributed by atoms with Gasteiger partial charge in [0.2, 0.25) is 0 Å². The lowest BCUT2D eigenvalue weighted by Gasteiger charge is -2.19. The van der Waals surface area contributed by atoms with Gasteiger partial charge in [-0.2, -0.15) is 0 Å². The highest BCUT2D eigenvalue weighted by Gasteiger charge is 2.40. The van der Waals surface area contributed by atoms with Crippen LogP contribution in [0.25, 0.3) is 0 Å². The van der Waals surface area contributed by atoms with Gasteiger partial charge in [0.15, 0.2) is 0 Å². The van der Waals surface area contributed by atoms with Crippen LogP contribution in [0.5, 0.6) is 0 Å². The quantitative estimate of drug-likeness (QED) is 0.725. The highest BCUT2D eigenvalue weighted by atomic mass is 14.9. The Bertz CT molecular complexity index is 392. The molecule has 1 aliphatic carbocycles. The van der Waals surface area contributed by atoms with Crippen molar-refractivity contribution in [2.45, 2.75) is 65.3 Å². The van der Waals surface area contributed by atoms with E-state index in [4.69, 9.17) is 0 Å². The molecule has 0 bridgehead atoms. The van der Waals surface area contributed by atoms with Crippen LogP contribution in [0, 0.1) is 12.3 Å². The lowest BCUT2D eigenvalue weighted by Crippen LogP contribution is -2.32. The van der Waals surface area contributed by atoms with Gasteiger partial charge in [-0.3, -0.25) is 0 Å². The Morgan fingerprint density at radius 2 is 2.11 bits per heavy atom. The molecule has 19 heavy (non-hydrogen) atoms. The van der Waals surface area contributed by atoms with E-state index in [1.807, 2.05) is 0 Å². The molecule has 0 aromatic heterocycles. The summed E-state index contributed by atoms with van der Waals surface area (Å²) in [4.78, 5) is 0. The summed E-state index contributed by atoms with van der Waals surface area (Å²) in [5, 5.41) is 3.76. The molecule has 0 heterocycles. The Morgan fingerprint density at radius 3 is 2.74 bits per heavy atom. The second-order valence-corrected chi connectivity index (χ2v) is 6.56. The van der Waals surface area contributed by atoms with E-state index in [0.717, 1.165) is 0 Å². The molecule has 0 amide bonds. The fraction of sp³-hybridized carbons (Fsp3) is 0.667. The van der Waals surface area contributed by atoms with Gasteiger partial charge in [-0.1, -0.05) is 43.2 Å². The fourth-order valence-electron chi connectivity index (χ4n) is 2.97. The standard InChI is InChI=1S/C18H29N/c1-4-10-18(11-12-18)14-19-16(3)8-9-17-7-5-6-15(2)13-17/h5-7,13,16,19H,4,8-12,14H2,1-3H3. The van der Waals surface area contributed by atoms with Crippen molar-refractivity contribution in [3.8, 4) is 0 Å². The predicted octanol–water partition coefficient (Wildman–Crippen LogP) is 4.49. The summed E-state index contributed by atoms with van der Waals surface area (Å²) in [6, 6.07) is 9.54. The second-order valence-electron chi connectivity index (χ2n) is 6.56. The summed E-state index contributed by atoms with van der Waals surface area (Å²) in [6.45, 7) is 8.04. The average Bonchev–Trinajstić information content (AvgIpc) is 3.15. The predicted molar refractivity (Wildman–Crippen MR) is 83.5 cm³/mol. The fourth-order valence-corrected chi connectivity index (χ4v) is 2.97. The van der Waals surface area contributed by atoms with E-state index in [0.29, 0.717) is 11.5 Å². The highest BCUT2D eigenvalue weighted by Crippen LogP contribution is 2.48. The van der Waals surface area contributed by atoms with Gasteiger partial charge in [0.1, 0.15) is 0 Å². The van der Waals surface area contributed by atoms with Crippen molar-refractivity contribution in [3.05, 3.63) is 35.4 Å². The minimum Gasteiger partial charge on any atom is -0.314 e. The van der Waals surface area contributed by atoms with E-state index in [2.05, 4.69) is 50.4 Å². The Labute approximate surface area is 118 Å².